The van der Waals surface area contributed by atoms with Crippen LogP contribution >= 0.6 is 0 Å². The maximum Gasteiger partial charge on any atom is 0.156 e. The molecule has 0 aromatic rings. The summed E-state index contributed by atoms with van der Waals surface area (Å²) in [6.45, 7) is 5.34. The Labute approximate surface area is 79.4 Å². The van der Waals surface area contributed by atoms with Crippen LogP contribution in [0.15, 0.2) is 5.16 Å². The van der Waals surface area contributed by atoms with Crippen LogP contribution in [0.3, 0.4) is 0 Å². The average molecular weight is 185 g/mol. The molecule has 1 rings (SSSR count). The van der Waals surface area contributed by atoms with Crippen LogP contribution < -0.4 is 5.73 Å². The molecule has 0 aromatic carbocycles. The Morgan fingerprint density at radius 2 is 2.23 bits per heavy atom. The molecule has 4 heteroatoms. The highest BCUT2D eigenvalue weighted by Crippen LogP contribution is 2.19. The maximum atomic E-state index is 8.62. The van der Waals surface area contributed by atoms with Crippen molar-refractivity contribution in [1.82, 2.24) is 4.90 Å². The van der Waals surface area contributed by atoms with E-state index in [4.69, 9.17) is 10.9 Å². The van der Waals surface area contributed by atoms with Gasteiger partial charge in [-0.2, -0.15) is 0 Å². The van der Waals surface area contributed by atoms with Crippen molar-refractivity contribution in [2.75, 3.05) is 6.54 Å². The minimum atomic E-state index is 0.138. The molecule has 1 aliphatic heterocycles. The first-order chi connectivity index (χ1) is 6.16. The quantitative estimate of drug-likeness (QED) is 0.292. The van der Waals surface area contributed by atoms with Crippen LogP contribution in [0.1, 0.15) is 33.1 Å². The molecule has 1 atom stereocenters. The SMILES string of the molecule is CC(C)N1CCCCC1C(N)=NO. The summed E-state index contributed by atoms with van der Waals surface area (Å²) in [5.74, 6) is 0.355. The molecule has 0 radical (unpaired) electrons. The van der Waals surface area contributed by atoms with Gasteiger partial charge in [0, 0.05) is 6.04 Å². The summed E-state index contributed by atoms with van der Waals surface area (Å²) in [5, 5.41) is 11.7. The van der Waals surface area contributed by atoms with Gasteiger partial charge in [0.25, 0.3) is 0 Å². The molecular weight excluding hydrogens is 166 g/mol. The summed E-state index contributed by atoms with van der Waals surface area (Å²) >= 11 is 0. The smallest absolute Gasteiger partial charge is 0.156 e. The highest BCUT2D eigenvalue weighted by molar-refractivity contribution is 5.85. The van der Waals surface area contributed by atoms with Crippen LogP contribution in [-0.4, -0.2) is 34.6 Å². The van der Waals surface area contributed by atoms with Gasteiger partial charge in [0.05, 0.1) is 6.04 Å². The summed E-state index contributed by atoms with van der Waals surface area (Å²) in [5.41, 5.74) is 5.63. The van der Waals surface area contributed by atoms with Crippen molar-refractivity contribution in [2.24, 2.45) is 10.9 Å². The van der Waals surface area contributed by atoms with Crippen molar-refractivity contribution < 1.29 is 5.21 Å². The fourth-order valence-corrected chi connectivity index (χ4v) is 1.96. The normalized spacial score (nSPS) is 26.7. The molecule has 0 bridgehead atoms. The molecule has 0 saturated carbocycles. The Morgan fingerprint density at radius 1 is 1.54 bits per heavy atom. The van der Waals surface area contributed by atoms with E-state index in [1.54, 1.807) is 0 Å². The summed E-state index contributed by atoms with van der Waals surface area (Å²) in [6, 6.07) is 0.601. The number of hydrogen-bond acceptors (Lipinski definition) is 3. The van der Waals surface area contributed by atoms with Crippen LogP contribution in [0, 0.1) is 0 Å². The number of piperidine rings is 1. The van der Waals surface area contributed by atoms with E-state index in [1.165, 1.54) is 12.8 Å². The first-order valence-electron chi connectivity index (χ1n) is 4.90. The monoisotopic (exact) mass is 185 g/mol. The first kappa shape index (κ1) is 10.3. The molecule has 1 unspecified atom stereocenters. The van der Waals surface area contributed by atoms with Crippen molar-refractivity contribution in [3.05, 3.63) is 0 Å². The van der Waals surface area contributed by atoms with Gasteiger partial charge >= 0.3 is 0 Å². The minimum absolute atomic E-state index is 0.138. The number of likely N-dealkylation sites (tertiary alicyclic amines) is 1. The fraction of sp³-hybridized carbons (Fsp3) is 0.889. The van der Waals surface area contributed by atoms with E-state index in [2.05, 4.69) is 23.9 Å². The highest BCUT2D eigenvalue weighted by Gasteiger charge is 2.27. The van der Waals surface area contributed by atoms with Gasteiger partial charge in [0.1, 0.15) is 0 Å². The third-order valence-corrected chi connectivity index (χ3v) is 2.66. The number of oxime groups is 1. The predicted molar refractivity (Wildman–Crippen MR) is 52.9 cm³/mol. The summed E-state index contributed by atoms with van der Waals surface area (Å²) in [4.78, 5) is 2.29. The number of nitrogens with two attached hydrogens (primary N) is 1. The zero-order valence-corrected chi connectivity index (χ0v) is 8.40. The van der Waals surface area contributed by atoms with Crippen LogP contribution in [0.25, 0.3) is 0 Å². The molecule has 1 fully saturated rings. The van der Waals surface area contributed by atoms with E-state index < -0.39 is 0 Å². The Bertz CT molecular complexity index is 191. The number of amidine groups is 1. The molecule has 76 valence electrons. The van der Waals surface area contributed by atoms with Gasteiger partial charge in [-0.05, 0) is 33.2 Å². The number of hydrogen-bond donors (Lipinski definition) is 2. The summed E-state index contributed by atoms with van der Waals surface area (Å²) < 4.78 is 0. The van der Waals surface area contributed by atoms with Crippen molar-refractivity contribution in [3.8, 4) is 0 Å². The second-order valence-electron chi connectivity index (χ2n) is 3.87. The largest absolute Gasteiger partial charge is 0.409 e. The molecule has 13 heavy (non-hydrogen) atoms. The second-order valence-corrected chi connectivity index (χ2v) is 3.87. The van der Waals surface area contributed by atoms with Gasteiger partial charge in [0.2, 0.25) is 0 Å². The molecule has 4 nitrogen and oxygen atoms in total. The summed E-state index contributed by atoms with van der Waals surface area (Å²) in [6.07, 6.45) is 3.39. The lowest BCUT2D eigenvalue weighted by molar-refractivity contribution is 0.147. The van der Waals surface area contributed by atoms with Crippen LogP contribution in [0.5, 0.6) is 0 Å². The van der Waals surface area contributed by atoms with Gasteiger partial charge in [-0.3, -0.25) is 4.90 Å². The lowest BCUT2D eigenvalue weighted by atomic mass is 10.00. The van der Waals surface area contributed by atoms with Crippen molar-refractivity contribution >= 4 is 5.84 Å². The predicted octanol–water partition coefficient (Wildman–Crippen LogP) is 0.996. The number of rotatable bonds is 2. The maximum absolute atomic E-state index is 8.62. The van der Waals surface area contributed by atoms with Gasteiger partial charge < -0.3 is 10.9 Å². The van der Waals surface area contributed by atoms with Gasteiger partial charge in [0.15, 0.2) is 5.84 Å². The Morgan fingerprint density at radius 3 is 2.77 bits per heavy atom. The third kappa shape index (κ3) is 2.34. The Kier molecular flexibility index (Phi) is 3.54. The van der Waals surface area contributed by atoms with E-state index in [9.17, 15) is 0 Å². The van der Waals surface area contributed by atoms with Crippen LogP contribution in [0.2, 0.25) is 0 Å². The Hall–Kier alpha value is -0.770. The molecule has 0 aromatic heterocycles. The number of nitrogens with zero attached hydrogens (tertiary/aromatic N) is 2. The standard InChI is InChI=1S/C9H19N3O/c1-7(2)12-6-4-3-5-8(12)9(10)11-13/h7-8,13H,3-6H2,1-2H3,(H2,10,11). The van der Waals surface area contributed by atoms with Crippen molar-refractivity contribution in [2.45, 2.75) is 45.2 Å². The van der Waals surface area contributed by atoms with E-state index in [1.807, 2.05) is 0 Å². The van der Waals surface area contributed by atoms with Crippen molar-refractivity contribution in [1.29, 1.82) is 0 Å². The molecule has 0 amide bonds. The van der Waals surface area contributed by atoms with Gasteiger partial charge in [-0.25, -0.2) is 0 Å². The zero-order valence-electron chi connectivity index (χ0n) is 8.40. The van der Waals surface area contributed by atoms with E-state index in [0.29, 0.717) is 11.9 Å². The lowest BCUT2D eigenvalue weighted by Gasteiger charge is -2.37. The Balaban J connectivity index is 2.67. The molecular formula is C9H19N3O. The van der Waals surface area contributed by atoms with Crippen molar-refractivity contribution in [3.63, 3.8) is 0 Å². The highest BCUT2D eigenvalue weighted by atomic mass is 16.4. The topological polar surface area (TPSA) is 61.8 Å². The van der Waals surface area contributed by atoms with E-state index in [-0.39, 0.29) is 6.04 Å². The minimum Gasteiger partial charge on any atom is -0.409 e. The van der Waals surface area contributed by atoms with Gasteiger partial charge in [-0.1, -0.05) is 11.6 Å². The zero-order chi connectivity index (χ0) is 9.84. The molecule has 1 aliphatic rings. The van der Waals surface area contributed by atoms with E-state index in [0.717, 1.165) is 13.0 Å². The van der Waals surface area contributed by atoms with E-state index >= 15 is 0 Å². The molecule has 1 heterocycles. The molecule has 0 aliphatic carbocycles. The second kappa shape index (κ2) is 4.46. The van der Waals surface area contributed by atoms with Gasteiger partial charge in [-0.15, -0.1) is 0 Å². The summed E-state index contributed by atoms with van der Waals surface area (Å²) in [7, 11) is 0. The van der Waals surface area contributed by atoms with Crippen LogP contribution in [0.4, 0.5) is 0 Å². The van der Waals surface area contributed by atoms with Crippen LogP contribution in [-0.2, 0) is 0 Å². The first-order valence-corrected chi connectivity index (χ1v) is 4.90. The fourth-order valence-electron chi connectivity index (χ4n) is 1.96. The molecule has 1 saturated heterocycles. The lowest BCUT2D eigenvalue weighted by Crippen LogP contribution is -2.50. The third-order valence-electron chi connectivity index (χ3n) is 2.66. The molecule has 3 N–H and O–H groups in total. The average Bonchev–Trinajstić information content (AvgIpc) is 2.16. The molecule has 0 spiro atoms.